The van der Waals surface area contributed by atoms with Crippen LogP contribution < -0.4 is 0 Å². The van der Waals surface area contributed by atoms with Crippen molar-refractivity contribution in [3.8, 4) is 11.3 Å². The lowest BCUT2D eigenvalue weighted by molar-refractivity contribution is 0.0949. The van der Waals surface area contributed by atoms with Gasteiger partial charge in [0.1, 0.15) is 16.7 Å². The summed E-state index contributed by atoms with van der Waals surface area (Å²) in [7, 11) is 0. The topological polar surface area (TPSA) is 43.1 Å². The molecule has 0 N–H and O–H groups in total. The molecule has 4 heteroatoms. The second kappa shape index (κ2) is 4.25. The van der Waals surface area contributed by atoms with Gasteiger partial charge in [0, 0.05) is 24.6 Å². The van der Waals surface area contributed by atoms with Crippen LogP contribution in [0.3, 0.4) is 0 Å². The summed E-state index contributed by atoms with van der Waals surface area (Å²) in [4.78, 5) is 15.8. The zero-order valence-corrected chi connectivity index (χ0v) is 10.7. The number of carbonyl (C=O) groups excluding carboxylic acids is 1. The Morgan fingerprint density at radius 3 is 3.00 bits per heavy atom. The lowest BCUT2D eigenvalue weighted by Gasteiger charge is -2.14. The summed E-state index contributed by atoms with van der Waals surface area (Å²) >= 11 is 5.85. The molecule has 1 aliphatic carbocycles. The highest BCUT2D eigenvalue weighted by molar-refractivity contribution is 6.29. The van der Waals surface area contributed by atoms with Gasteiger partial charge in [0.2, 0.25) is 0 Å². The maximum absolute atomic E-state index is 11.9. The van der Waals surface area contributed by atoms with E-state index in [1.165, 1.54) is 0 Å². The highest BCUT2D eigenvalue weighted by atomic mass is 35.5. The maximum Gasteiger partial charge on any atom is 0.166 e. The van der Waals surface area contributed by atoms with E-state index in [1.54, 1.807) is 12.3 Å². The van der Waals surface area contributed by atoms with Crippen molar-refractivity contribution >= 4 is 17.4 Å². The van der Waals surface area contributed by atoms with Gasteiger partial charge in [-0.05, 0) is 24.1 Å². The van der Waals surface area contributed by atoms with Gasteiger partial charge in [-0.1, -0.05) is 18.5 Å². The first-order valence-electron chi connectivity index (χ1n) is 5.91. The molecular formula is C14H12ClNO2. The summed E-state index contributed by atoms with van der Waals surface area (Å²) in [6.45, 7) is 2.06. The van der Waals surface area contributed by atoms with Gasteiger partial charge in [-0.15, -0.1) is 0 Å². The van der Waals surface area contributed by atoms with Crippen LogP contribution in [0.1, 0.15) is 29.5 Å². The molecule has 0 amide bonds. The van der Waals surface area contributed by atoms with Gasteiger partial charge >= 0.3 is 0 Å². The summed E-state index contributed by atoms with van der Waals surface area (Å²) in [5.41, 5.74) is 1.57. The Hall–Kier alpha value is -1.61. The molecule has 1 atom stereocenters. The number of hydrogen-bond donors (Lipinski definition) is 0. The molecule has 2 heterocycles. The minimum atomic E-state index is 0.166. The van der Waals surface area contributed by atoms with Crippen molar-refractivity contribution in [1.82, 2.24) is 4.98 Å². The van der Waals surface area contributed by atoms with Crippen LogP contribution in [0.4, 0.5) is 0 Å². The van der Waals surface area contributed by atoms with Gasteiger partial charge in [-0.25, -0.2) is 4.98 Å². The van der Waals surface area contributed by atoms with E-state index >= 15 is 0 Å². The van der Waals surface area contributed by atoms with E-state index in [2.05, 4.69) is 11.9 Å². The van der Waals surface area contributed by atoms with Crippen molar-refractivity contribution in [2.75, 3.05) is 0 Å². The van der Waals surface area contributed by atoms with Crippen molar-refractivity contribution in [3.63, 3.8) is 0 Å². The number of fused-ring (bicyclic) bond motifs is 1. The van der Waals surface area contributed by atoms with E-state index in [9.17, 15) is 4.79 Å². The predicted octanol–water partition coefficient (Wildman–Crippen LogP) is 3.76. The third kappa shape index (κ3) is 1.95. The van der Waals surface area contributed by atoms with Crippen LogP contribution in [-0.4, -0.2) is 10.8 Å². The highest BCUT2D eigenvalue weighted by Crippen LogP contribution is 2.32. The van der Waals surface area contributed by atoms with E-state index in [0.29, 0.717) is 23.3 Å². The maximum atomic E-state index is 11.9. The average Bonchev–Trinajstić information content (AvgIpc) is 2.73. The molecular weight excluding hydrogens is 250 g/mol. The standard InChI is InChI=1S/C14H12ClNO2/c1-8-4-11(17)10-7-12(18-13(10)5-8)9-2-3-16-14(15)6-9/h2-3,6-8H,4-5H2,1H3/t8-/m0/s1. The fourth-order valence-electron chi connectivity index (χ4n) is 2.33. The monoisotopic (exact) mass is 261 g/mol. The number of halogens is 1. The third-order valence-electron chi connectivity index (χ3n) is 3.19. The zero-order chi connectivity index (χ0) is 12.7. The molecule has 18 heavy (non-hydrogen) atoms. The first kappa shape index (κ1) is 11.5. The Labute approximate surface area is 110 Å². The van der Waals surface area contributed by atoms with E-state index in [-0.39, 0.29) is 5.78 Å². The zero-order valence-electron chi connectivity index (χ0n) is 9.94. The van der Waals surface area contributed by atoms with Gasteiger partial charge in [-0.2, -0.15) is 0 Å². The van der Waals surface area contributed by atoms with Gasteiger partial charge in [0.25, 0.3) is 0 Å². The summed E-state index contributed by atoms with van der Waals surface area (Å²) < 4.78 is 5.78. The summed E-state index contributed by atoms with van der Waals surface area (Å²) in [6, 6.07) is 5.37. The van der Waals surface area contributed by atoms with Crippen LogP contribution in [0.5, 0.6) is 0 Å². The number of aromatic nitrogens is 1. The number of hydrogen-bond acceptors (Lipinski definition) is 3. The second-order valence-corrected chi connectivity index (χ2v) is 5.14. The fraction of sp³-hybridized carbons (Fsp3) is 0.286. The Morgan fingerprint density at radius 2 is 2.22 bits per heavy atom. The largest absolute Gasteiger partial charge is 0.460 e. The first-order chi connectivity index (χ1) is 8.63. The Kier molecular flexibility index (Phi) is 2.71. The minimum Gasteiger partial charge on any atom is -0.460 e. The number of Topliss-reactive ketones (excluding diaryl/α,β-unsaturated/α-hetero) is 1. The molecule has 0 fully saturated rings. The van der Waals surface area contributed by atoms with E-state index in [1.807, 2.05) is 12.1 Å². The number of pyridine rings is 1. The first-order valence-corrected chi connectivity index (χ1v) is 6.29. The predicted molar refractivity (Wildman–Crippen MR) is 68.8 cm³/mol. The van der Waals surface area contributed by atoms with Crippen molar-refractivity contribution < 1.29 is 9.21 Å². The Balaban J connectivity index is 2.06. The van der Waals surface area contributed by atoms with Crippen molar-refractivity contribution in [2.45, 2.75) is 19.8 Å². The molecule has 0 radical (unpaired) electrons. The van der Waals surface area contributed by atoms with E-state index < -0.39 is 0 Å². The lowest BCUT2D eigenvalue weighted by atomic mass is 9.89. The molecule has 0 aromatic carbocycles. The number of furan rings is 1. The molecule has 0 saturated heterocycles. The normalized spacial score (nSPS) is 18.8. The summed E-state index contributed by atoms with van der Waals surface area (Å²) in [5, 5.41) is 0.418. The number of ketones is 1. The molecule has 2 aromatic rings. The van der Waals surface area contributed by atoms with Gasteiger partial charge in [0.15, 0.2) is 5.78 Å². The second-order valence-electron chi connectivity index (χ2n) is 4.75. The van der Waals surface area contributed by atoms with E-state index in [0.717, 1.165) is 23.3 Å². The van der Waals surface area contributed by atoms with Gasteiger partial charge in [-0.3, -0.25) is 4.79 Å². The molecule has 3 nitrogen and oxygen atoms in total. The van der Waals surface area contributed by atoms with Crippen LogP contribution in [0.25, 0.3) is 11.3 Å². The summed E-state index contributed by atoms with van der Waals surface area (Å²) in [6.07, 6.45) is 3.05. The molecule has 0 unspecified atom stereocenters. The SMILES string of the molecule is C[C@H]1CC(=O)c2cc(-c3ccnc(Cl)c3)oc2C1. The van der Waals surface area contributed by atoms with Crippen LogP contribution in [0.2, 0.25) is 5.15 Å². The summed E-state index contributed by atoms with van der Waals surface area (Å²) in [5.74, 6) is 2.00. The number of nitrogens with zero attached hydrogens (tertiary/aromatic N) is 1. The van der Waals surface area contributed by atoms with Gasteiger partial charge in [0.05, 0.1) is 5.56 Å². The molecule has 0 saturated carbocycles. The van der Waals surface area contributed by atoms with Crippen LogP contribution in [0, 0.1) is 5.92 Å². The molecule has 0 bridgehead atoms. The molecule has 0 spiro atoms. The van der Waals surface area contributed by atoms with Crippen LogP contribution in [-0.2, 0) is 6.42 Å². The fourth-order valence-corrected chi connectivity index (χ4v) is 2.50. The minimum absolute atomic E-state index is 0.166. The quantitative estimate of drug-likeness (QED) is 0.734. The molecule has 92 valence electrons. The Morgan fingerprint density at radius 1 is 1.39 bits per heavy atom. The molecule has 2 aromatic heterocycles. The number of rotatable bonds is 1. The van der Waals surface area contributed by atoms with E-state index in [4.69, 9.17) is 16.0 Å². The third-order valence-corrected chi connectivity index (χ3v) is 3.39. The van der Waals surface area contributed by atoms with Crippen LogP contribution in [0.15, 0.2) is 28.8 Å². The van der Waals surface area contributed by atoms with Gasteiger partial charge < -0.3 is 4.42 Å². The van der Waals surface area contributed by atoms with Crippen molar-refractivity contribution in [2.24, 2.45) is 5.92 Å². The number of carbonyl (C=O) groups is 1. The van der Waals surface area contributed by atoms with Crippen LogP contribution >= 0.6 is 11.6 Å². The molecule has 1 aliphatic rings. The molecule has 0 aliphatic heterocycles. The van der Waals surface area contributed by atoms with Crippen molar-refractivity contribution in [1.29, 1.82) is 0 Å². The average molecular weight is 262 g/mol. The molecule has 3 rings (SSSR count). The lowest BCUT2D eigenvalue weighted by Crippen LogP contribution is -2.15. The smallest absolute Gasteiger partial charge is 0.166 e. The van der Waals surface area contributed by atoms with Crippen molar-refractivity contribution in [3.05, 3.63) is 40.9 Å². The highest BCUT2D eigenvalue weighted by Gasteiger charge is 2.26. The Bertz CT molecular complexity index is 618.